The fourth-order valence-electron chi connectivity index (χ4n) is 5.75. The van der Waals surface area contributed by atoms with E-state index in [9.17, 15) is 35.5 Å². The van der Waals surface area contributed by atoms with Gasteiger partial charge in [0.2, 0.25) is 0 Å². The van der Waals surface area contributed by atoms with Crippen LogP contribution < -0.4 is 0 Å². The molecular formula is C25H37F7O3. The smallest absolute Gasteiger partial charge is 0.364 e. The van der Waals surface area contributed by atoms with E-state index >= 15 is 0 Å². The van der Waals surface area contributed by atoms with E-state index in [1.54, 1.807) is 0 Å². The standard InChI is InChI=1S/C25H37F7O3/c1-2-3-4-5-14-6-8-15(9-7-14)24(33)34-16-10-18(26)22(19(27)11-16)25(31,32)35-17-12-20(28)23(30)21(29)13-17/h14-23H,2-13H2,1H3. The predicted octanol–water partition coefficient (Wildman–Crippen LogP) is 7.16. The molecule has 0 heterocycles. The van der Waals surface area contributed by atoms with Crippen molar-refractivity contribution in [3.63, 3.8) is 0 Å². The lowest BCUT2D eigenvalue weighted by Gasteiger charge is -2.40. The Morgan fingerprint density at radius 3 is 1.89 bits per heavy atom. The molecule has 4 atom stereocenters. The molecule has 10 heteroatoms. The first-order valence-electron chi connectivity index (χ1n) is 13.0. The van der Waals surface area contributed by atoms with Crippen LogP contribution in [0.1, 0.15) is 84.0 Å². The molecule has 0 saturated heterocycles. The summed E-state index contributed by atoms with van der Waals surface area (Å²) in [5.74, 6) is -2.85. The first-order valence-corrected chi connectivity index (χ1v) is 13.0. The second kappa shape index (κ2) is 12.5. The fraction of sp³-hybridized carbons (Fsp3) is 0.960. The van der Waals surface area contributed by atoms with Crippen LogP contribution >= 0.6 is 0 Å². The quantitative estimate of drug-likeness (QED) is 0.185. The lowest BCUT2D eigenvalue weighted by molar-refractivity contribution is -0.323. The second-order valence-electron chi connectivity index (χ2n) is 10.6. The number of esters is 1. The number of alkyl halides is 7. The van der Waals surface area contributed by atoms with Gasteiger partial charge in [0.1, 0.15) is 36.7 Å². The van der Waals surface area contributed by atoms with Gasteiger partial charge < -0.3 is 9.47 Å². The molecule has 3 aliphatic carbocycles. The van der Waals surface area contributed by atoms with Crippen molar-refractivity contribution in [2.45, 2.75) is 133 Å². The number of rotatable bonds is 9. The van der Waals surface area contributed by atoms with E-state index in [2.05, 4.69) is 11.7 Å². The third-order valence-corrected chi connectivity index (χ3v) is 7.81. The van der Waals surface area contributed by atoms with Gasteiger partial charge in [-0.25, -0.2) is 22.0 Å². The minimum Gasteiger partial charge on any atom is -0.462 e. The Morgan fingerprint density at radius 2 is 1.34 bits per heavy atom. The molecule has 35 heavy (non-hydrogen) atoms. The van der Waals surface area contributed by atoms with Crippen LogP contribution in [0.15, 0.2) is 0 Å². The maximum atomic E-state index is 14.7. The van der Waals surface area contributed by atoms with E-state index in [1.165, 1.54) is 6.42 Å². The van der Waals surface area contributed by atoms with E-state index in [-0.39, 0.29) is 5.92 Å². The number of unbranched alkanes of at least 4 members (excludes halogenated alkanes) is 2. The molecular weight excluding hydrogens is 481 g/mol. The number of carbonyl (C=O) groups excluding carboxylic acids is 1. The molecule has 3 nitrogen and oxygen atoms in total. The Hall–Kier alpha value is -1.06. The van der Waals surface area contributed by atoms with Gasteiger partial charge in [0.05, 0.1) is 12.0 Å². The third kappa shape index (κ3) is 7.48. The zero-order chi connectivity index (χ0) is 25.8. The number of ether oxygens (including phenoxy) is 2. The zero-order valence-electron chi connectivity index (χ0n) is 20.1. The number of hydrogen-bond acceptors (Lipinski definition) is 3. The molecule has 3 saturated carbocycles. The molecule has 0 aliphatic heterocycles. The van der Waals surface area contributed by atoms with Crippen LogP contribution in [0.4, 0.5) is 30.7 Å². The zero-order valence-corrected chi connectivity index (χ0v) is 20.1. The molecule has 0 aromatic heterocycles. The number of carbonyl (C=O) groups is 1. The molecule has 0 radical (unpaired) electrons. The lowest BCUT2D eigenvalue weighted by atomic mass is 9.79. The molecule has 0 amide bonds. The molecule has 0 N–H and O–H groups in total. The highest BCUT2D eigenvalue weighted by molar-refractivity contribution is 5.72. The highest BCUT2D eigenvalue weighted by Gasteiger charge is 2.56. The van der Waals surface area contributed by atoms with E-state index in [4.69, 9.17) is 4.74 Å². The topological polar surface area (TPSA) is 35.5 Å². The molecule has 0 spiro atoms. The summed E-state index contributed by atoms with van der Waals surface area (Å²) < 4.78 is 109. The van der Waals surface area contributed by atoms with E-state index < -0.39 is 86.7 Å². The van der Waals surface area contributed by atoms with Crippen molar-refractivity contribution < 1.29 is 45.0 Å². The van der Waals surface area contributed by atoms with E-state index in [0.717, 1.165) is 32.1 Å². The molecule has 0 aromatic rings. The SMILES string of the molecule is CCCCCC1CCC(C(=O)OC2CC(F)C(C(F)(F)OC3CC(F)C(F)C(F)C3)C(F)C2)CC1. The van der Waals surface area contributed by atoms with Crippen LogP contribution in [-0.4, -0.2) is 55.1 Å². The molecule has 0 aromatic carbocycles. The molecule has 3 aliphatic rings. The van der Waals surface area contributed by atoms with Crippen molar-refractivity contribution in [2.75, 3.05) is 0 Å². The van der Waals surface area contributed by atoms with Crippen molar-refractivity contribution in [1.82, 2.24) is 0 Å². The van der Waals surface area contributed by atoms with Gasteiger partial charge in [0.25, 0.3) is 0 Å². The van der Waals surface area contributed by atoms with Crippen LogP contribution in [0, 0.1) is 17.8 Å². The first-order chi connectivity index (χ1) is 16.5. The minimum absolute atomic E-state index is 0.357. The van der Waals surface area contributed by atoms with Gasteiger partial charge in [-0.2, -0.15) is 8.78 Å². The average molecular weight is 519 g/mol. The third-order valence-electron chi connectivity index (χ3n) is 7.81. The Bertz CT molecular complexity index is 649. The summed E-state index contributed by atoms with van der Waals surface area (Å²) in [6, 6.07) is 0. The highest BCUT2D eigenvalue weighted by atomic mass is 19.3. The first kappa shape index (κ1) is 28.5. The molecule has 3 rings (SSSR count). The van der Waals surface area contributed by atoms with Crippen molar-refractivity contribution >= 4 is 5.97 Å². The normalized spacial score (nSPS) is 40.9. The van der Waals surface area contributed by atoms with Crippen LogP contribution in [0.2, 0.25) is 0 Å². The van der Waals surface area contributed by atoms with Gasteiger partial charge in [-0.3, -0.25) is 4.79 Å². The largest absolute Gasteiger partial charge is 0.462 e. The molecule has 0 bridgehead atoms. The maximum Gasteiger partial charge on any atom is 0.364 e. The Morgan fingerprint density at radius 1 is 0.800 bits per heavy atom. The van der Waals surface area contributed by atoms with E-state index in [1.807, 2.05) is 0 Å². The number of halogens is 7. The summed E-state index contributed by atoms with van der Waals surface area (Å²) in [6.07, 6.45) is -14.3. The van der Waals surface area contributed by atoms with Crippen LogP contribution in [0.5, 0.6) is 0 Å². The van der Waals surface area contributed by atoms with Gasteiger partial charge >= 0.3 is 12.1 Å². The van der Waals surface area contributed by atoms with E-state index in [0.29, 0.717) is 18.8 Å². The van der Waals surface area contributed by atoms with Crippen LogP contribution in [-0.2, 0) is 14.3 Å². The Balaban J connectivity index is 1.48. The van der Waals surface area contributed by atoms with Gasteiger partial charge in [-0.05, 0) is 31.6 Å². The van der Waals surface area contributed by atoms with Crippen molar-refractivity contribution in [1.29, 1.82) is 0 Å². The highest BCUT2D eigenvalue weighted by Crippen LogP contribution is 2.44. The van der Waals surface area contributed by atoms with Gasteiger partial charge in [-0.1, -0.05) is 32.6 Å². The maximum absolute atomic E-state index is 14.7. The second-order valence-corrected chi connectivity index (χ2v) is 10.6. The molecule has 3 fully saturated rings. The van der Waals surface area contributed by atoms with Crippen LogP contribution in [0.25, 0.3) is 0 Å². The number of hydrogen-bond donors (Lipinski definition) is 0. The summed E-state index contributed by atoms with van der Waals surface area (Å²) in [5.41, 5.74) is 0. The minimum atomic E-state index is -4.35. The fourth-order valence-corrected chi connectivity index (χ4v) is 5.75. The summed E-state index contributed by atoms with van der Waals surface area (Å²) >= 11 is 0. The summed E-state index contributed by atoms with van der Waals surface area (Å²) in [5, 5.41) is 0. The average Bonchev–Trinajstić information content (AvgIpc) is 2.77. The van der Waals surface area contributed by atoms with Gasteiger partial charge in [0.15, 0.2) is 6.17 Å². The van der Waals surface area contributed by atoms with Crippen molar-refractivity contribution in [2.24, 2.45) is 17.8 Å². The molecule has 204 valence electrons. The van der Waals surface area contributed by atoms with Gasteiger partial charge in [-0.15, -0.1) is 0 Å². The lowest BCUT2D eigenvalue weighted by Crippen LogP contribution is -2.52. The summed E-state index contributed by atoms with van der Waals surface area (Å²) in [4.78, 5) is 12.5. The predicted molar refractivity (Wildman–Crippen MR) is 116 cm³/mol. The molecule has 4 unspecified atom stereocenters. The summed E-state index contributed by atoms with van der Waals surface area (Å²) in [6.45, 7) is 2.14. The summed E-state index contributed by atoms with van der Waals surface area (Å²) in [7, 11) is 0. The van der Waals surface area contributed by atoms with Crippen molar-refractivity contribution in [3.8, 4) is 0 Å². The Labute approximate surface area is 202 Å². The monoisotopic (exact) mass is 518 g/mol. The Kier molecular flexibility index (Phi) is 10.1. The van der Waals surface area contributed by atoms with Crippen molar-refractivity contribution in [3.05, 3.63) is 0 Å². The van der Waals surface area contributed by atoms with Crippen LogP contribution in [0.3, 0.4) is 0 Å². The van der Waals surface area contributed by atoms with Gasteiger partial charge in [0, 0.05) is 25.7 Å².